The van der Waals surface area contributed by atoms with Gasteiger partial charge in [0, 0.05) is 4.88 Å². The van der Waals surface area contributed by atoms with E-state index in [2.05, 4.69) is 31.9 Å². The van der Waals surface area contributed by atoms with Gasteiger partial charge in [-0.05, 0) is 61.7 Å². The number of hydrogen-bond acceptors (Lipinski definition) is 4. The SMILES string of the molecule is COc1cc(CO)cc(Br)c1OCc1ccc(Br)s1. The fourth-order valence-corrected chi connectivity index (χ4v) is 3.58. The molecule has 0 saturated carbocycles. The van der Waals surface area contributed by atoms with E-state index < -0.39 is 0 Å². The molecule has 0 radical (unpaired) electrons. The average molecular weight is 408 g/mol. The summed E-state index contributed by atoms with van der Waals surface area (Å²) in [6, 6.07) is 7.59. The van der Waals surface area contributed by atoms with Crippen molar-refractivity contribution in [2.75, 3.05) is 7.11 Å². The molecule has 2 aromatic rings. The van der Waals surface area contributed by atoms with Gasteiger partial charge in [0.15, 0.2) is 11.5 Å². The van der Waals surface area contributed by atoms with Gasteiger partial charge in [0.05, 0.1) is 22.0 Å². The third-order valence-corrected chi connectivity index (χ3v) is 4.65. The van der Waals surface area contributed by atoms with Crippen LogP contribution in [0.4, 0.5) is 0 Å². The molecule has 0 amide bonds. The Morgan fingerprint density at radius 2 is 2.05 bits per heavy atom. The van der Waals surface area contributed by atoms with Gasteiger partial charge in [-0.25, -0.2) is 0 Å². The Kier molecular flexibility index (Phi) is 5.27. The third kappa shape index (κ3) is 3.72. The van der Waals surface area contributed by atoms with Crippen LogP contribution in [0.25, 0.3) is 0 Å². The maximum absolute atomic E-state index is 9.16. The minimum absolute atomic E-state index is 0.0346. The Labute approximate surface area is 132 Å². The molecule has 0 aliphatic rings. The van der Waals surface area contributed by atoms with Crippen molar-refractivity contribution in [2.45, 2.75) is 13.2 Å². The van der Waals surface area contributed by atoms with Crippen molar-refractivity contribution >= 4 is 43.2 Å². The largest absolute Gasteiger partial charge is 0.493 e. The van der Waals surface area contributed by atoms with Crippen LogP contribution in [0.1, 0.15) is 10.4 Å². The van der Waals surface area contributed by atoms with Crippen LogP contribution >= 0.6 is 43.2 Å². The quantitative estimate of drug-likeness (QED) is 0.800. The number of hydrogen-bond donors (Lipinski definition) is 1. The lowest BCUT2D eigenvalue weighted by Crippen LogP contribution is -1.98. The minimum atomic E-state index is -0.0346. The molecule has 0 saturated heterocycles. The van der Waals surface area contributed by atoms with Gasteiger partial charge < -0.3 is 14.6 Å². The molecule has 1 N–H and O–H groups in total. The number of aliphatic hydroxyl groups excluding tert-OH is 1. The van der Waals surface area contributed by atoms with Gasteiger partial charge in [-0.1, -0.05) is 0 Å². The van der Waals surface area contributed by atoms with Gasteiger partial charge >= 0.3 is 0 Å². The number of rotatable bonds is 5. The maximum atomic E-state index is 9.16. The van der Waals surface area contributed by atoms with E-state index in [0.29, 0.717) is 18.1 Å². The zero-order chi connectivity index (χ0) is 13.8. The first-order valence-electron chi connectivity index (χ1n) is 5.48. The summed E-state index contributed by atoms with van der Waals surface area (Å²) >= 11 is 8.49. The second-order valence-corrected chi connectivity index (χ2v) is 7.16. The lowest BCUT2D eigenvalue weighted by atomic mass is 10.2. The highest BCUT2D eigenvalue weighted by Gasteiger charge is 2.12. The molecular weight excluding hydrogens is 396 g/mol. The molecule has 0 spiro atoms. The monoisotopic (exact) mass is 406 g/mol. The van der Waals surface area contributed by atoms with Gasteiger partial charge in [0.25, 0.3) is 0 Å². The van der Waals surface area contributed by atoms with Crippen molar-refractivity contribution in [3.63, 3.8) is 0 Å². The summed E-state index contributed by atoms with van der Waals surface area (Å²) in [5.74, 6) is 1.25. The Bertz CT molecular complexity index is 569. The van der Waals surface area contributed by atoms with E-state index in [-0.39, 0.29) is 6.61 Å². The molecule has 0 unspecified atom stereocenters. The number of benzene rings is 1. The summed E-state index contributed by atoms with van der Waals surface area (Å²) in [6.07, 6.45) is 0. The lowest BCUT2D eigenvalue weighted by Gasteiger charge is -2.13. The van der Waals surface area contributed by atoms with Crippen molar-refractivity contribution in [1.29, 1.82) is 0 Å². The molecule has 2 rings (SSSR count). The van der Waals surface area contributed by atoms with Crippen LogP contribution in [0.3, 0.4) is 0 Å². The number of halogens is 2. The first-order chi connectivity index (χ1) is 9.13. The van der Waals surface area contributed by atoms with Crippen LogP contribution in [-0.4, -0.2) is 12.2 Å². The highest BCUT2D eigenvalue weighted by molar-refractivity contribution is 9.11. The van der Waals surface area contributed by atoms with E-state index in [1.54, 1.807) is 24.5 Å². The minimum Gasteiger partial charge on any atom is -0.493 e. The van der Waals surface area contributed by atoms with Crippen LogP contribution < -0.4 is 9.47 Å². The smallest absolute Gasteiger partial charge is 0.175 e. The van der Waals surface area contributed by atoms with E-state index in [0.717, 1.165) is 18.7 Å². The summed E-state index contributed by atoms with van der Waals surface area (Å²) in [5, 5.41) is 9.16. The molecule has 6 heteroatoms. The predicted octanol–water partition coefficient (Wildman–Crippen LogP) is 4.35. The molecule has 0 bridgehead atoms. The Morgan fingerprint density at radius 1 is 1.26 bits per heavy atom. The van der Waals surface area contributed by atoms with Gasteiger partial charge in [0.1, 0.15) is 6.61 Å². The summed E-state index contributed by atoms with van der Waals surface area (Å²) in [4.78, 5) is 1.12. The molecule has 0 aliphatic heterocycles. The number of aliphatic hydroxyl groups is 1. The number of thiophene rings is 1. The van der Waals surface area contributed by atoms with Crippen LogP contribution in [0.15, 0.2) is 32.5 Å². The van der Waals surface area contributed by atoms with E-state index >= 15 is 0 Å². The van der Waals surface area contributed by atoms with E-state index in [1.165, 1.54) is 0 Å². The second kappa shape index (κ2) is 6.74. The zero-order valence-electron chi connectivity index (χ0n) is 10.2. The van der Waals surface area contributed by atoms with Crippen molar-refractivity contribution in [3.05, 3.63) is 43.0 Å². The Hall–Kier alpha value is -0.560. The fraction of sp³-hybridized carbons (Fsp3) is 0.231. The van der Waals surface area contributed by atoms with Crippen LogP contribution in [-0.2, 0) is 13.2 Å². The van der Waals surface area contributed by atoms with Crippen LogP contribution in [0.5, 0.6) is 11.5 Å². The lowest BCUT2D eigenvalue weighted by molar-refractivity contribution is 0.274. The normalized spacial score (nSPS) is 10.5. The predicted molar refractivity (Wildman–Crippen MR) is 83.0 cm³/mol. The van der Waals surface area contributed by atoms with E-state index in [1.807, 2.05) is 18.2 Å². The molecule has 1 heterocycles. The summed E-state index contributed by atoms with van der Waals surface area (Å²) in [6.45, 7) is 0.441. The first-order valence-corrected chi connectivity index (χ1v) is 7.88. The fourth-order valence-electron chi connectivity index (χ4n) is 1.58. The van der Waals surface area contributed by atoms with Gasteiger partial charge in [-0.15, -0.1) is 11.3 Å². The van der Waals surface area contributed by atoms with E-state index in [4.69, 9.17) is 14.6 Å². The van der Waals surface area contributed by atoms with Crippen molar-refractivity contribution in [1.82, 2.24) is 0 Å². The van der Waals surface area contributed by atoms with E-state index in [9.17, 15) is 0 Å². The number of ether oxygens (including phenoxy) is 2. The van der Waals surface area contributed by atoms with Crippen molar-refractivity contribution in [3.8, 4) is 11.5 Å². The first kappa shape index (κ1) is 14.8. The molecule has 0 aliphatic carbocycles. The Morgan fingerprint density at radius 3 is 2.63 bits per heavy atom. The topological polar surface area (TPSA) is 38.7 Å². The van der Waals surface area contributed by atoms with Gasteiger partial charge in [0.2, 0.25) is 0 Å². The molecular formula is C13H12Br2O3S. The molecule has 0 fully saturated rings. The summed E-state index contributed by atoms with van der Waals surface area (Å²) < 4.78 is 12.9. The van der Waals surface area contributed by atoms with Crippen LogP contribution in [0, 0.1) is 0 Å². The van der Waals surface area contributed by atoms with Gasteiger partial charge in [-0.3, -0.25) is 0 Å². The van der Waals surface area contributed by atoms with Crippen molar-refractivity contribution in [2.24, 2.45) is 0 Å². The molecule has 3 nitrogen and oxygen atoms in total. The molecule has 0 atom stereocenters. The molecule has 1 aromatic heterocycles. The highest BCUT2D eigenvalue weighted by atomic mass is 79.9. The standard InChI is InChI=1S/C13H12Br2O3S/c1-17-11-5-8(6-16)4-10(14)13(11)18-7-9-2-3-12(15)19-9/h2-5,16H,6-7H2,1H3. The molecule has 102 valence electrons. The molecule has 1 aromatic carbocycles. The Balaban J connectivity index is 2.19. The molecule has 19 heavy (non-hydrogen) atoms. The third-order valence-electron chi connectivity index (χ3n) is 2.46. The maximum Gasteiger partial charge on any atom is 0.175 e. The average Bonchev–Trinajstić information content (AvgIpc) is 2.82. The van der Waals surface area contributed by atoms with Crippen molar-refractivity contribution < 1.29 is 14.6 Å². The summed E-state index contributed by atoms with van der Waals surface area (Å²) in [5.41, 5.74) is 0.773. The van der Waals surface area contributed by atoms with Gasteiger partial charge in [-0.2, -0.15) is 0 Å². The summed E-state index contributed by atoms with van der Waals surface area (Å²) in [7, 11) is 1.58. The highest BCUT2D eigenvalue weighted by Crippen LogP contribution is 2.37. The van der Waals surface area contributed by atoms with Crippen LogP contribution in [0.2, 0.25) is 0 Å². The zero-order valence-corrected chi connectivity index (χ0v) is 14.1. The number of methoxy groups -OCH3 is 1. The second-order valence-electron chi connectivity index (χ2n) is 3.76.